The maximum absolute atomic E-state index is 12.6. The van der Waals surface area contributed by atoms with Gasteiger partial charge in [0.15, 0.2) is 5.82 Å². The molecule has 0 saturated carbocycles. The fourth-order valence-corrected chi connectivity index (χ4v) is 3.64. The van der Waals surface area contributed by atoms with E-state index in [9.17, 15) is 9.59 Å². The molecule has 2 saturated heterocycles. The Morgan fingerprint density at radius 3 is 1.83 bits per heavy atom. The molecule has 0 spiro atoms. The third-order valence-corrected chi connectivity index (χ3v) is 5.32. The van der Waals surface area contributed by atoms with Crippen LogP contribution in [0.15, 0.2) is 36.4 Å². The monoisotopic (exact) mass is 410 g/mol. The van der Waals surface area contributed by atoms with Crippen molar-refractivity contribution >= 4 is 23.5 Å². The zero-order valence-electron chi connectivity index (χ0n) is 16.8. The van der Waals surface area contributed by atoms with Crippen molar-refractivity contribution in [3.63, 3.8) is 0 Å². The second-order valence-corrected chi connectivity index (χ2v) is 7.63. The summed E-state index contributed by atoms with van der Waals surface area (Å²) in [6.07, 6.45) is 3.30. The molecule has 1 aromatic heterocycles. The summed E-state index contributed by atoms with van der Waals surface area (Å²) in [5.41, 5.74) is 0.797. The van der Waals surface area contributed by atoms with E-state index in [1.807, 2.05) is 30.3 Å². The lowest BCUT2D eigenvalue weighted by Crippen LogP contribution is -2.31. The number of ether oxygens (including phenoxy) is 2. The maximum Gasteiger partial charge on any atom is 0.230 e. The zero-order chi connectivity index (χ0) is 20.8. The van der Waals surface area contributed by atoms with Gasteiger partial charge in [-0.05, 0) is 25.7 Å². The van der Waals surface area contributed by atoms with E-state index in [4.69, 9.17) is 9.47 Å². The summed E-state index contributed by atoms with van der Waals surface area (Å²) in [6.45, 7) is 2.20. The summed E-state index contributed by atoms with van der Waals surface area (Å²) < 4.78 is 10.8. The predicted molar refractivity (Wildman–Crippen MR) is 112 cm³/mol. The summed E-state index contributed by atoms with van der Waals surface area (Å²) in [6, 6.07) is 11.1. The Hall–Kier alpha value is -2.84. The lowest BCUT2D eigenvalue weighted by atomic mass is 10.0. The van der Waals surface area contributed by atoms with Gasteiger partial charge in [0.25, 0.3) is 0 Å². The van der Waals surface area contributed by atoms with E-state index in [-0.39, 0.29) is 23.7 Å². The van der Waals surface area contributed by atoms with Crippen molar-refractivity contribution in [2.75, 3.05) is 37.1 Å². The van der Waals surface area contributed by atoms with Crippen LogP contribution >= 0.6 is 0 Å². The van der Waals surface area contributed by atoms with Crippen molar-refractivity contribution in [2.45, 2.75) is 25.7 Å². The molecule has 2 amide bonds. The molecule has 0 unspecified atom stereocenters. The molecule has 2 N–H and O–H groups in total. The highest BCUT2D eigenvalue weighted by Gasteiger charge is 2.24. The van der Waals surface area contributed by atoms with E-state index in [1.165, 1.54) is 0 Å². The largest absolute Gasteiger partial charge is 0.381 e. The average Bonchev–Trinajstić information content (AvgIpc) is 2.80. The van der Waals surface area contributed by atoms with E-state index < -0.39 is 0 Å². The summed E-state index contributed by atoms with van der Waals surface area (Å²) >= 11 is 0. The first-order chi connectivity index (χ1) is 14.7. The molecule has 0 aliphatic carbocycles. The fourth-order valence-electron chi connectivity index (χ4n) is 3.64. The van der Waals surface area contributed by atoms with Crippen molar-refractivity contribution in [1.82, 2.24) is 9.97 Å². The fraction of sp³-hybridized carbons (Fsp3) is 0.455. The van der Waals surface area contributed by atoms with Crippen LogP contribution in [0.5, 0.6) is 0 Å². The number of aromatic nitrogens is 2. The summed E-state index contributed by atoms with van der Waals surface area (Å²) in [5, 5.41) is 5.74. The van der Waals surface area contributed by atoms with Gasteiger partial charge in [0.1, 0.15) is 11.6 Å². The van der Waals surface area contributed by atoms with E-state index >= 15 is 0 Å². The van der Waals surface area contributed by atoms with E-state index in [2.05, 4.69) is 20.6 Å². The van der Waals surface area contributed by atoms with Crippen LogP contribution in [0.2, 0.25) is 0 Å². The van der Waals surface area contributed by atoms with Crippen LogP contribution in [0.3, 0.4) is 0 Å². The van der Waals surface area contributed by atoms with Gasteiger partial charge in [-0.1, -0.05) is 30.3 Å². The highest BCUT2D eigenvalue weighted by atomic mass is 16.5. The van der Waals surface area contributed by atoms with Crippen LogP contribution < -0.4 is 10.6 Å². The number of nitrogens with zero attached hydrogens (tertiary/aromatic N) is 2. The quantitative estimate of drug-likeness (QED) is 0.786. The molecule has 0 radical (unpaired) electrons. The van der Waals surface area contributed by atoms with E-state index in [0.29, 0.717) is 43.9 Å². The lowest BCUT2D eigenvalue weighted by molar-refractivity contribution is -0.124. The highest BCUT2D eigenvalue weighted by Crippen LogP contribution is 2.23. The first kappa shape index (κ1) is 20.4. The standard InChI is InChI=1S/C22H26N4O4/c27-21(16-8-4-10-29-13-16)25-18-12-19(26-22(28)17-9-5-11-30-14-17)24-20(23-18)15-6-2-1-3-7-15/h1-3,6-7,12,16-17H,4-5,8-11,13-14H2,(H2,23,24,25,26,27,28)/t16-,17+. The van der Waals surface area contributed by atoms with Crippen molar-refractivity contribution in [3.05, 3.63) is 36.4 Å². The Labute approximate surface area is 175 Å². The number of carbonyl (C=O) groups excluding carboxylic acids is 2. The number of amides is 2. The van der Waals surface area contributed by atoms with Crippen molar-refractivity contribution < 1.29 is 19.1 Å². The van der Waals surface area contributed by atoms with Crippen molar-refractivity contribution in [1.29, 1.82) is 0 Å². The lowest BCUT2D eigenvalue weighted by Gasteiger charge is -2.22. The average molecular weight is 410 g/mol. The number of nitrogens with one attached hydrogen (secondary N) is 2. The number of hydrogen-bond donors (Lipinski definition) is 2. The Kier molecular flexibility index (Phi) is 6.66. The van der Waals surface area contributed by atoms with Gasteiger partial charge in [-0.25, -0.2) is 9.97 Å². The number of rotatable bonds is 5. The molecule has 8 heteroatoms. The Morgan fingerprint density at radius 1 is 0.833 bits per heavy atom. The zero-order valence-corrected chi connectivity index (χ0v) is 16.8. The molecule has 2 aliphatic rings. The molecular weight excluding hydrogens is 384 g/mol. The van der Waals surface area contributed by atoms with E-state index in [0.717, 1.165) is 31.2 Å². The SMILES string of the molecule is O=C(Nc1cc(NC(=O)[C@H]2CCCOC2)nc(-c2ccccc2)n1)[C@@H]1CCCOC1. The first-order valence-electron chi connectivity index (χ1n) is 10.4. The second kappa shape index (κ2) is 9.77. The molecule has 2 atom stereocenters. The molecule has 2 aromatic rings. The minimum absolute atomic E-state index is 0.134. The number of hydrogen-bond acceptors (Lipinski definition) is 6. The molecule has 2 aliphatic heterocycles. The molecule has 4 rings (SSSR count). The maximum atomic E-state index is 12.6. The second-order valence-electron chi connectivity index (χ2n) is 7.63. The van der Waals surface area contributed by atoms with Crippen LogP contribution in [0.4, 0.5) is 11.6 Å². The van der Waals surface area contributed by atoms with Crippen molar-refractivity contribution in [2.24, 2.45) is 11.8 Å². The van der Waals surface area contributed by atoms with Crippen LogP contribution in [0, 0.1) is 11.8 Å². The smallest absolute Gasteiger partial charge is 0.230 e. The predicted octanol–water partition coefficient (Wildman–Crippen LogP) is 2.87. The summed E-state index contributed by atoms with van der Waals surface area (Å²) in [5.74, 6) is 0.473. The van der Waals surface area contributed by atoms with Gasteiger partial charge in [-0.2, -0.15) is 0 Å². The number of anilines is 2. The molecule has 8 nitrogen and oxygen atoms in total. The third-order valence-electron chi connectivity index (χ3n) is 5.32. The van der Waals surface area contributed by atoms with Gasteiger partial charge >= 0.3 is 0 Å². The van der Waals surface area contributed by atoms with Gasteiger partial charge in [-0.15, -0.1) is 0 Å². The first-order valence-corrected chi connectivity index (χ1v) is 10.4. The Morgan fingerprint density at radius 2 is 1.37 bits per heavy atom. The normalized spacial score (nSPS) is 21.6. The van der Waals surface area contributed by atoms with Gasteiger partial charge in [0.2, 0.25) is 11.8 Å². The van der Waals surface area contributed by atoms with Crippen molar-refractivity contribution in [3.8, 4) is 11.4 Å². The summed E-state index contributed by atoms with van der Waals surface area (Å²) in [7, 11) is 0. The highest BCUT2D eigenvalue weighted by molar-refractivity contribution is 5.94. The Bertz CT molecular complexity index is 828. The molecule has 0 bridgehead atoms. The minimum atomic E-state index is -0.202. The molecular formula is C22H26N4O4. The topological polar surface area (TPSA) is 102 Å². The molecule has 158 valence electrons. The summed E-state index contributed by atoms with van der Waals surface area (Å²) in [4.78, 5) is 34.3. The van der Waals surface area contributed by atoms with Gasteiger partial charge < -0.3 is 20.1 Å². The number of carbonyl (C=O) groups is 2. The molecule has 30 heavy (non-hydrogen) atoms. The van der Waals surface area contributed by atoms with Crippen LogP contribution in [0.25, 0.3) is 11.4 Å². The van der Waals surface area contributed by atoms with E-state index in [1.54, 1.807) is 6.07 Å². The Balaban J connectivity index is 1.56. The van der Waals surface area contributed by atoms with Crippen LogP contribution in [-0.2, 0) is 19.1 Å². The van der Waals surface area contributed by atoms with Gasteiger partial charge in [0.05, 0.1) is 25.0 Å². The molecule has 1 aromatic carbocycles. The van der Waals surface area contributed by atoms with Crippen LogP contribution in [-0.4, -0.2) is 48.2 Å². The molecule has 3 heterocycles. The van der Waals surface area contributed by atoms with Gasteiger partial charge in [0, 0.05) is 24.8 Å². The minimum Gasteiger partial charge on any atom is -0.381 e. The number of benzene rings is 1. The molecule has 2 fully saturated rings. The van der Waals surface area contributed by atoms with Gasteiger partial charge in [-0.3, -0.25) is 9.59 Å². The third kappa shape index (κ3) is 5.20. The van der Waals surface area contributed by atoms with Crippen LogP contribution in [0.1, 0.15) is 25.7 Å².